The van der Waals surface area contributed by atoms with Crippen molar-refractivity contribution in [3.05, 3.63) is 71.8 Å². The molecule has 0 fully saturated rings. The van der Waals surface area contributed by atoms with Crippen molar-refractivity contribution in [3.63, 3.8) is 0 Å². The molecule has 2 aromatic carbocycles. The summed E-state index contributed by atoms with van der Waals surface area (Å²) in [5.41, 5.74) is 2.86. The predicted octanol–water partition coefficient (Wildman–Crippen LogP) is 4.33. The zero-order valence-corrected chi connectivity index (χ0v) is 16.7. The fraction of sp³-hybridized carbons (Fsp3) is 0.273. The zero-order valence-electron chi connectivity index (χ0n) is 15.8. The minimum Gasteiger partial charge on any atom is -0.465 e. The molecule has 0 bridgehead atoms. The summed E-state index contributed by atoms with van der Waals surface area (Å²) in [6, 6.07) is 19.8. The smallest absolute Gasteiger partial charge is 0.325 e. The van der Waals surface area contributed by atoms with Crippen LogP contribution in [-0.2, 0) is 14.3 Å². The standard InChI is InChI=1S/C22H22N2O3S/c1-3-26-20(25)19-22(24-21(28-19)23-17-12-8-5-9-13-17)18(15(2)14-27-22)16-10-6-4-7-11-16/h4-13,19H,3,14H2,1-2H3,(H,23,24). The van der Waals surface area contributed by atoms with E-state index in [1.807, 2.05) is 74.5 Å². The highest BCUT2D eigenvalue weighted by Gasteiger charge is 2.57. The molecule has 0 aromatic heterocycles. The number of hydrogen-bond acceptors (Lipinski definition) is 6. The van der Waals surface area contributed by atoms with Gasteiger partial charge in [-0.3, -0.25) is 4.79 Å². The molecule has 0 radical (unpaired) electrons. The third-order valence-corrected chi connectivity index (χ3v) is 5.90. The maximum Gasteiger partial charge on any atom is 0.325 e. The number of rotatable bonds is 4. The molecule has 4 rings (SSSR count). The number of nitrogens with one attached hydrogen (secondary N) is 1. The minimum atomic E-state index is -1.08. The molecule has 2 unspecified atom stereocenters. The van der Waals surface area contributed by atoms with E-state index in [1.54, 1.807) is 0 Å². The first-order chi connectivity index (χ1) is 13.6. The maximum absolute atomic E-state index is 12.8. The Kier molecular flexibility index (Phi) is 5.24. The topological polar surface area (TPSA) is 59.9 Å². The number of esters is 1. The van der Waals surface area contributed by atoms with Crippen LogP contribution < -0.4 is 5.32 Å². The number of hydrogen-bond donors (Lipinski definition) is 1. The molecular weight excluding hydrogens is 372 g/mol. The number of aliphatic imine (C=N–C) groups is 1. The fourth-order valence-corrected chi connectivity index (χ4v) is 4.73. The van der Waals surface area contributed by atoms with Crippen LogP contribution in [-0.4, -0.2) is 35.3 Å². The molecule has 2 atom stereocenters. The number of ether oxygens (including phenoxy) is 2. The molecule has 1 spiro atoms. The fourth-order valence-electron chi connectivity index (χ4n) is 3.58. The van der Waals surface area contributed by atoms with Gasteiger partial charge in [0.2, 0.25) is 5.72 Å². The van der Waals surface area contributed by atoms with Gasteiger partial charge in [-0.05, 0) is 37.1 Å². The largest absolute Gasteiger partial charge is 0.465 e. The van der Waals surface area contributed by atoms with Crippen molar-refractivity contribution in [2.45, 2.75) is 24.8 Å². The first-order valence-corrected chi connectivity index (χ1v) is 10.2. The Hall–Kier alpha value is -2.57. The van der Waals surface area contributed by atoms with Gasteiger partial charge in [0.1, 0.15) is 0 Å². The maximum atomic E-state index is 12.8. The molecule has 0 aliphatic carbocycles. The summed E-state index contributed by atoms with van der Waals surface area (Å²) < 4.78 is 11.6. The highest BCUT2D eigenvalue weighted by atomic mass is 32.2. The van der Waals surface area contributed by atoms with E-state index in [0.717, 1.165) is 22.4 Å². The van der Waals surface area contributed by atoms with Crippen LogP contribution in [0.5, 0.6) is 0 Å². The van der Waals surface area contributed by atoms with Crippen molar-refractivity contribution >= 4 is 34.2 Å². The molecule has 2 aliphatic rings. The Morgan fingerprint density at radius 3 is 2.57 bits per heavy atom. The minimum absolute atomic E-state index is 0.316. The number of amidine groups is 1. The van der Waals surface area contributed by atoms with E-state index in [9.17, 15) is 4.79 Å². The van der Waals surface area contributed by atoms with Crippen LogP contribution in [0.15, 0.2) is 71.2 Å². The number of anilines is 1. The summed E-state index contributed by atoms with van der Waals surface area (Å²) in [6.45, 7) is 4.59. The van der Waals surface area contributed by atoms with E-state index < -0.39 is 11.0 Å². The number of thioether (sulfide) groups is 1. The van der Waals surface area contributed by atoms with Crippen LogP contribution in [0.2, 0.25) is 0 Å². The number of benzene rings is 2. The lowest BCUT2D eigenvalue weighted by Gasteiger charge is -2.29. The van der Waals surface area contributed by atoms with Gasteiger partial charge in [0.05, 0.1) is 13.2 Å². The van der Waals surface area contributed by atoms with Gasteiger partial charge < -0.3 is 14.8 Å². The van der Waals surface area contributed by atoms with E-state index in [2.05, 4.69) is 5.32 Å². The second-order valence-electron chi connectivity index (χ2n) is 6.66. The second-order valence-corrected chi connectivity index (χ2v) is 7.76. The Labute approximate surface area is 168 Å². The quantitative estimate of drug-likeness (QED) is 0.782. The monoisotopic (exact) mass is 394 g/mol. The van der Waals surface area contributed by atoms with Crippen molar-refractivity contribution in [2.24, 2.45) is 4.99 Å². The first-order valence-electron chi connectivity index (χ1n) is 9.29. The van der Waals surface area contributed by atoms with Crippen LogP contribution >= 0.6 is 11.8 Å². The van der Waals surface area contributed by atoms with Gasteiger partial charge in [-0.1, -0.05) is 60.3 Å². The number of nitrogens with zero attached hydrogens (tertiary/aromatic N) is 1. The van der Waals surface area contributed by atoms with Crippen LogP contribution in [0, 0.1) is 0 Å². The summed E-state index contributed by atoms with van der Waals surface area (Å²) in [6.07, 6.45) is 0. The molecular formula is C22H22N2O3S. The average molecular weight is 394 g/mol. The lowest BCUT2D eigenvalue weighted by Crippen LogP contribution is -2.43. The summed E-state index contributed by atoms with van der Waals surface area (Å²) in [7, 11) is 0. The van der Waals surface area contributed by atoms with Crippen molar-refractivity contribution < 1.29 is 14.3 Å². The van der Waals surface area contributed by atoms with Gasteiger partial charge in [0, 0.05) is 11.3 Å². The lowest BCUT2D eigenvalue weighted by atomic mass is 9.91. The molecule has 0 saturated heterocycles. The molecule has 5 nitrogen and oxygen atoms in total. The van der Waals surface area contributed by atoms with Gasteiger partial charge in [-0.25, -0.2) is 4.99 Å². The number of para-hydroxylation sites is 1. The molecule has 1 N–H and O–H groups in total. The molecule has 0 amide bonds. The molecule has 2 aliphatic heterocycles. The van der Waals surface area contributed by atoms with Crippen LogP contribution in [0.25, 0.3) is 5.57 Å². The van der Waals surface area contributed by atoms with E-state index in [4.69, 9.17) is 14.5 Å². The molecule has 2 heterocycles. The summed E-state index contributed by atoms with van der Waals surface area (Å²) in [5, 5.41) is 3.35. The molecule has 28 heavy (non-hydrogen) atoms. The van der Waals surface area contributed by atoms with Crippen molar-refractivity contribution in [2.75, 3.05) is 18.5 Å². The van der Waals surface area contributed by atoms with Crippen LogP contribution in [0.4, 0.5) is 5.69 Å². The Morgan fingerprint density at radius 1 is 1.21 bits per heavy atom. The summed E-state index contributed by atoms with van der Waals surface area (Å²) in [4.78, 5) is 17.7. The van der Waals surface area contributed by atoms with E-state index in [0.29, 0.717) is 18.4 Å². The van der Waals surface area contributed by atoms with Crippen LogP contribution in [0.1, 0.15) is 19.4 Å². The number of carbonyl (C=O) groups excluding carboxylic acids is 1. The van der Waals surface area contributed by atoms with Crippen molar-refractivity contribution in [1.82, 2.24) is 0 Å². The molecule has 0 saturated carbocycles. The molecule has 6 heteroatoms. The third kappa shape index (κ3) is 3.34. The lowest BCUT2D eigenvalue weighted by molar-refractivity contribution is -0.146. The van der Waals surface area contributed by atoms with Crippen molar-refractivity contribution in [1.29, 1.82) is 0 Å². The van der Waals surface area contributed by atoms with Crippen LogP contribution in [0.3, 0.4) is 0 Å². The molecule has 144 valence electrons. The Bertz CT molecular complexity index is 927. The summed E-state index contributed by atoms with van der Waals surface area (Å²) >= 11 is 1.36. The Morgan fingerprint density at radius 2 is 1.89 bits per heavy atom. The van der Waals surface area contributed by atoms with Gasteiger partial charge >= 0.3 is 5.97 Å². The third-order valence-electron chi connectivity index (χ3n) is 4.73. The average Bonchev–Trinajstić information content (AvgIpc) is 3.23. The van der Waals surface area contributed by atoms with E-state index in [1.165, 1.54) is 11.8 Å². The highest BCUT2D eigenvalue weighted by molar-refractivity contribution is 8.15. The second kappa shape index (κ2) is 7.81. The highest BCUT2D eigenvalue weighted by Crippen LogP contribution is 2.50. The summed E-state index contributed by atoms with van der Waals surface area (Å²) in [5.74, 6) is -0.316. The number of carbonyl (C=O) groups is 1. The van der Waals surface area contributed by atoms with Gasteiger partial charge in [0.25, 0.3) is 0 Å². The normalized spacial score (nSPS) is 23.8. The van der Waals surface area contributed by atoms with Gasteiger partial charge in [0.15, 0.2) is 10.4 Å². The van der Waals surface area contributed by atoms with Gasteiger partial charge in [-0.2, -0.15) is 0 Å². The zero-order chi connectivity index (χ0) is 19.6. The SMILES string of the molecule is CCOC(=O)C1SC(Nc2ccccc2)=NC12OCC(C)=C2c1ccccc1. The molecule has 2 aromatic rings. The van der Waals surface area contributed by atoms with E-state index in [-0.39, 0.29) is 5.97 Å². The Balaban J connectivity index is 1.76. The van der Waals surface area contributed by atoms with E-state index >= 15 is 0 Å². The predicted molar refractivity (Wildman–Crippen MR) is 113 cm³/mol. The van der Waals surface area contributed by atoms with Crippen molar-refractivity contribution in [3.8, 4) is 0 Å². The first kappa shape index (κ1) is 18.8. The van der Waals surface area contributed by atoms with Gasteiger partial charge in [-0.15, -0.1) is 0 Å².